The molecule has 0 unspecified atom stereocenters. The Hall–Kier alpha value is -2.10. The van der Waals surface area contributed by atoms with Gasteiger partial charge in [-0.3, -0.25) is 4.79 Å². The van der Waals surface area contributed by atoms with Gasteiger partial charge in [0.05, 0.1) is 0 Å². The molecular weight excluding hydrogens is 250 g/mol. The first-order valence-electron chi connectivity index (χ1n) is 7.00. The molecule has 2 N–H and O–H groups in total. The van der Waals surface area contributed by atoms with Crippen LogP contribution in [0, 0.1) is 0 Å². The molecule has 0 fully saturated rings. The maximum absolute atomic E-state index is 12.5. The molecule has 0 aliphatic heterocycles. The monoisotopic (exact) mass is 271 g/mol. The molecule has 0 spiro atoms. The fraction of sp³-hybridized carbons (Fsp3) is 0.375. The van der Waals surface area contributed by atoms with Crippen LogP contribution < -0.4 is 5.73 Å². The summed E-state index contributed by atoms with van der Waals surface area (Å²) in [4.78, 5) is 18.5. The normalized spacial score (nSPS) is 11.0. The number of benzene rings is 1. The molecule has 0 bridgehead atoms. The highest BCUT2D eigenvalue weighted by Gasteiger charge is 2.20. The van der Waals surface area contributed by atoms with Crippen LogP contribution in [0.2, 0.25) is 0 Å². The molecule has 1 heterocycles. The minimum Gasteiger partial charge on any atom is -0.383 e. The SMILES string of the molecule is CCC(CC)N(C)C(=O)c1cc2ccccc2c(N)n1. The first kappa shape index (κ1) is 14.3. The lowest BCUT2D eigenvalue weighted by Crippen LogP contribution is -2.36. The number of aromatic nitrogens is 1. The summed E-state index contributed by atoms with van der Waals surface area (Å²) in [6, 6.07) is 9.75. The van der Waals surface area contributed by atoms with Gasteiger partial charge in [-0.25, -0.2) is 4.98 Å². The number of fused-ring (bicyclic) bond motifs is 1. The summed E-state index contributed by atoms with van der Waals surface area (Å²) >= 11 is 0. The van der Waals surface area contributed by atoms with Gasteiger partial charge in [-0.1, -0.05) is 38.1 Å². The topological polar surface area (TPSA) is 59.2 Å². The summed E-state index contributed by atoms with van der Waals surface area (Å²) in [5, 5.41) is 1.83. The molecule has 0 saturated carbocycles. The van der Waals surface area contributed by atoms with Crippen molar-refractivity contribution in [2.45, 2.75) is 32.7 Å². The molecule has 1 aromatic heterocycles. The highest BCUT2D eigenvalue weighted by Crippen LogP contribution is 2.21. The van der Waals surface area contributed by atoms with E-state index in [0.717, 1.165) is 23.6 Å². The molecule has 0 aliphatic rings. The van der Waals surface area contributed by atoms with Gasteiger partial charge in [0, 0.05) is 18.5 Å². The predicted molar refractivity (Wildman–Crippen MR) is 82.6 cm³/mol. The number of hydrogen-bond acceptors (Lipinski definition) is 3. The first-order chi connectivity index (χ1) is 9.58. The Morgan fingerprint density at radius 2 is 1.95 bits per heavy atom. The van der Waals surface area contributed by atoms with E-state index in [9.17, 15) is 4.79 Å². The van der Waals surface area contributed by atoms with Crippen molar-refractivity contribution in [2.24, 2.45) is 0 Å². The maximum Gasteiger partial charge on any atom is 0.272 e. The van der Waals surface area contributed by atoms with Crippen LogP contribution in [0.5, 0.6) is 0 Å². The lowest BCUT2D eigenvalue weighted by atomic mass is 10.1. The Morgan fingerprint density at radius 1 is 1.30 bits per heavy atom. The van der Waals surface area contributed by atoms with Crippen LogP contribution in [-0.4, -0.2) is 28.9 Å². The molecule has 106 valence electrons. The zero-order valence-corrected chi connectivity index (χ0v) is 12.3. The molecule has 2 rings (SSSR count). The van der Waals surface area contributed by atoms with Gasteiger partial charge >= 0.3 is 0 Å². The van der Waals surface area contributed by atoms with Gasteiger partial charge < -0.3 is 10.6 Å². The van der Waals surface area contributed by atoms with Crippen LogP contribution in [0.1, 0.15) is 37.2 Å². The van der Waals surface area contributed by atoms with Crippen LogP contribution >= 0.6 is 0 Å². The van der Waals surface area contributed by atoms with Crippen LogP contribution in [0.15, 0.2) is 30.3 Å². The Labute approximate surface area is 119 Å². The maximum atomic E-state index is 12.5. The standard InChI is InChI=1S/C16H21N3O/c1-4-12(5-2)19(3)16(20)14-10-11-8-6-7-9-13(11)15(17)18-14/h6-10,12H,4-5H2,1-3H3,(H2,17,18). The number of rotatable bonds is 4. The van der Waals surface area contributed by atoms with E-state index >= 15 is 0 Å². The van der Waals surface area contributed by atoms with Gasteiger partial charge in [-0.05, 0) is 24.3 Å². The third kappa shape index (κ3) is 2.59. The molecule has 0 atom stereocenters. The Kier molecular flexibility index (Phi) is 4.23. The fourth-order valence-corrected chi connectivity index (χ4v) is 2.52. The molecule has 0 aliphatic carbocycles. The molecule has 1 amide bonds. The van der Waals surface area contributed by atoms with E-state index in [-0.39, 0.29) is 11.9 Å². The van der Waals surface area contributed by atoms with Crippen molar-refractivity contribution in [3.8, 4) is 0 Å². The second-order valence-corrected chi connectivity index (χ2v) is 5.00. The zero-order valence-electron chi connectivity index (χ0n) is 12.3. The van der Waals surface area contributed by atoms with Gasteiger partial charge in [0.25, 0.3) is 5.91 Å². The van der Waals surface area contributed by atoms with Crippen LogP contribution in [-0.2, 0) is 0 Å². The third-order valence-electron chi connectivity index (χ3n) is 3.80. The minimum atomic E-state index is -0.0730. The van der Waals surface area contributed by atoms with Gasteiger partial charge in [-0.15, -0.1) is 0 Å². The van der Waals surface area contributed by atoms with Crippen LogP contribution in [0.25, 0.3) is 10.8 Å². The number of carbonyl (C=O) groups is 1. The smallest absolute Gasteiger partial charge is 0.272 e. The molecule has 2 aromatic rings. The van der Waals surface area contributed by atoms with Gasteiger partial charge in [-0.2, -0.15) is 0 Å². The first-order valence-corrected chi connectivity index (χ1v) is 7.00. The summed E-state index contributed by atoms with van der Waals surface area (Å²) in [5.74, 6) is 0.334. The number of nitrogens with zero attached hydrogens (tertiary/aromatic N) is 2. The molecule has 0 saturated heterocycles. The quantitative estimate of drug-likeness (QED) is 0.929. The summed E-state index contributed by atoms with van der Waals surface area (Å²) < 4.78 is 0. The molecule has 20 heavy (non-hydrogen) atoms. The Bertz CT molecular complexity index is 620. The lowest BCUT2D eigenvalue weighted by molar-refractivity contribution is 0.0718. The number of nitrogens with two attached hydrogens (primary N) is 1. The van der Waals surface area contributed by atoms with Gasteiger partial charge in [0.2, 0.25) is 0 Å². The van der Waals surface area contributed by atoms with Crippen molar-refractivity contribution in [1.29, 1.82) is 0 Å². The van der Waals surface area contributed by atoms with Crippen molar-refractivity contribution in [2.75, 3.05) is 12.8 Å². The van der Waals surface area contributed by atoms with E-state index in [1.807, 2.05) is 37.4 Å². The third-order valence-corrected chi connectivity index (χ3v) is 3.80. The van der Waals surface area contributed by atoms with Crippen LogP contribution in [0.4, 0.5) is 5.82 Å². The minimum absolute atomic E-state index is 0.0730. The zero-order chi connectivity index (χ0) is 14.7. The number of nitrogen functional groups attached to an aromatic ring is 1. The molecule has 4 nitrogen and oxygen atoms in total. The average molecular weight is 271 g/mol. The number of carbonyl (C=O) groups excluding carboxylic acids is 1. The average Bonchev–Trinajstić information content (AvgIpc) is 2.47. The highest BCUT2D eigenvalue weighted by molar-refractivity contribution is 5.99. The van der Waals surface area contributed by atoms with E-state index in [0.29, 0.717) is 11.5 Å². The summed E-state index contributed by atoms with van der Waals surface area (Å²) in [5.41, 5.74) is 6.37. The predicted octanol–water partition coefficient (Wildman–Crippen LogP) is 3.08. The highest BCUT2D eigenvalue weighted by atomic mass is 16.2. The molecular formula is C16H21N3O. The van der Waals surface area contributed by atoms with E-state index in [1.165, 1.54) is 0 Å². The molecule has 1 aromatic carbocycles. The van der Waals surface area contributed by atoms with Gasteiger partial charge in [0.1, 0.15) is 11.5 Å². The summed E-state index contributed by atoms with van der Waals surface area (Å²) in [7, 11) is 1.83. The Morgan fingerprint density at radius 3 is 2.60 bits per heavy atom. The van der Waals surface area contributed by atoms with E-state index in [2.05, 4.69) is 18.8 Å². The Balaban J connectivity index is 2.40. The van der Waals surface area contributed by atoms with Gasteiger partial charge in [0.15, 0.2) is 0 Å². The number of hydrogen-bond donors (Lipinski definition) is 1. The summed E-state index contributed by atoms with van der Waals surface area (Å²) in [6.45, 7) is 4.17. The largest absolute Gasteiger partial charge is 0.383 e. The van der Waals surface area contributed by atoms with Crippen molar-refractivity contribution in [1.82, 2.24) is 9.88 Å². The van der Waals surface area contributed by atoms with E-state index in [1.54, 1.807) is 4.90 Å². The second-order valence-electron chi connectivity index (χ2n) is 5.00. The molecule has 4 heteroatoms. The molecule has 0 radical (unpaired) electrons. The van der Waals surface area contributed by atoms with Crippen molar-refractivity contribution in [3.63, 3.8) is 0 Å². The van der Waals surface area contributed by atoms with E-state index in [4.69, 9.17) is 5.73 Å². The lowest BCUT2D eigenvalue weighted by Gasteiger charge is -2.26. The number of amides is 1. The number of anilines is 1. The summed E-state index contributed by atoms with van der Waals surface area (Å²) in [6.07, 6.45) is 1.86. The van der Waals surface area contributed by atoms with Crippen molar-refractivity contribution < 1.29 is 4.79 Å². The second kappa shape index (κ2) is 5.90. The van der Waals surface area contributed by atoms with Crippen molar-refractivity contribution >= 4 is 22.5 Å². The van der Waals surface area contributed by atoms with Crippen LogP contribution in [0.3, 0.4) is 0 Å². The van der Waals surface area contributed by atoms with Crippen molar-refractivity contribution in [3.05, 3.63) is 36.0 Å². The number of pyridine rings is 1. The van der Waals surface area contributed by atoms with E-state index < -0.39 is 0 Å². The fourth-order valence-electron chi connectivity index (χ4n) is 2.52.